The minimum Gasteiger partial charge on any atom is -0.504 e. The Hall–Kier alpha value is -2.48. The predicted molar refractivity (Wildman–Crippen MR) is 66.4 cm³/mol. The largest absolute Gasteiger partial charge is 0.504 e. The number of hydrogen-bond donors (Lipinski definition) is 3. The van der Waals surface area contributed by atoms with Crippen molar-refractivity contribution >= 4 is 18.4 Å². The van der Waals surface area contributed by atoms with Gasteiger partial charge >= 0.3 is 0 Å². The first-order valence-corrected chi connectivity index (χ1v) is 5.22. The number of benzene rings is 1. The molecule has 0 amide bonds. The SMILES string of the molecule is O=c1cn[nH]c(=S)n1/N=C\c1ccc(O)c(O)c1. The van der Waals surface area contributed by atoms with Crippen LogP contribution in [0.4, 0.5) is 0 Å². The summed E-state index contributed by atoms with van der Waals surface area (Å²) in [6.45, 7) is 0. The second-order valence-electron chi connectivity index (χ2n) is 3.32. The normalized spacial score (nSPS) is 10.9. The van der Waals surface area contributed by atoms with Crippen LogP contribution in [-0.2, 0) is 0 Å². The predicted octanol–water partition coefficient (Wildman–Crippen LogP) is 0.594. The van der Waals surface area contributed by atoms with Gasteiger partial charge in [-0.1, -0.05) is 0 Å². The lowest BCUT2D eigenvalue weighted by atomic mass is 10.2. The topological polar surface area (TPSA) is 104 Å². The molecule has 0 aliphatic rings. The highest BCUT2D eigenvalue weighted by Gasteiger charge is 1.99. The molecule has 0 saturated carbocycles. The zero-order valence-corrected chi connectivity index (χ0v) is 9.76. The highest BCUT2D eigenvalue weighted by Crippen LogP contribution is 2.23. The molecule has 1 aromatic heterocycles. The molecule has 0 unspecified atom stereocenters. The molecule has 0 saturated heterocycles. The van der Waals surface area contributed by atoms with Crippen molar-refractivity contribution in [3.8, 4) is 11.5 Å². The standard InChI is InChI=1S/C10H8N4O3S/c15-7-2-1-6(3-8(7)16)4-12-14-9(17)5-11-13-10(14)18/h1-5,15-16H,(H,13,18)/b12-4-. The molecular weight excluding hydrogens is 256 g/mol. The smallest absolute Gasteiger partial charge is 0.293 e. The summed E-state index contributed by atoms with van der Waals surface area (Å²) in [6, 6.07) is 4.14. The van der Waals surface area contributed by atoms with Gasteiger partial charge in [0.15, 0.2) is 11.5 Å². The van der Waals surface area contributed by atoms with E-state index in [4.69, 9.17) is 17.3 Å². The van der Waals surface area contributed by atoms with E-state index < -0.39 is 5.56 Å². The maximum Gasteiger partial charge on any atom is 0.293 e. The summed E-state index contributed by atoms with van der Waals surface area (Å²) in [4.78, 5) is 11.4. The Balaban J connectivity index is 2.39. The number of H-pyrrole nitrogens is 1. The van der Waals surface area contributed by atoms with Crippen LogP contribution in [0, 0.1) is 4.77 Å². The maximum atomic E-state index is 11.4. The van der Waals surface area contributed by atoms with E-state index in [-0.39, 0.29) is 16.3 Å². The van der Waals surface area contributed by atoms with Crippen LogP contribution in [0.25, 0.3) is 0 Å². The number of aromatic hydroxyl groups is 2. The summed E-state index contributed by atoms with van der Waals surface area (Å²) in [7, 11) is 0. The third-order valence-electron chi connectivity index (χ3n) is 2.06. The molecule has 0 bridgehead atoms. The van der Waals surface area contributed by atoms with Gasteiger partial charge in [-0.15, -0.1) is 0 Å². The minimum atomic E-state index is -0.474. The average Bonchev–Trinajstić information content (AvgIpc) is 2.33. The van der Waals surface area contributed by atoms with Crippen LogP contribution >= 0.6 is 12.2 Å². The molecule has 8 heteroatoms. The highest BCUT2D eigenvalue weighted by atomic mass is 32.1. The first-order valence-electron chi connectivity index (χ1n) is 4.81. The van der Waals surface area contributed by atoms with Gasteiger partial charge < -0.3 is 10.2 Å². The second-order valence-corrected chi connectivity index (χ2v) is 3.70. The number of hydrogen-bond acceptors (Lipinski definition) is 6. The van der Waals surface area contributed by atoms with E-state index in [0.717, 1.165) is 10.9 Å². The van der Waals surface area contributed by atoms with E-state index >= 15 is 0 Å². The molecule has 0 fully saturated rings. The van der Waals surface area contributed by atoms with Crippen LogP contribution in [0.15, 0.2) is 34.3 Å². The average molecular weight is 264 g/mol. The highest BCUT2D eigenvalue weighted by molar-refractivity contribution is 7.71. The van der Waals surface area contributed by atoms with Gasteiger partial charge in [0.1, 0.15) is 6.20 Å². The summed E-state index contributed by atoms with van der Waals surface area (Å²) in [6.07, 6.45) is 2.37. The van der Waals surface area contributed by atoms with Gasteiger partial charge in [-0.25, -0.2) is 0 Å². The summed E-state index contributed by atoms with van der Waals surface area (Å²) in [5, 5.41) is 28.2. The first kappa shape index (κ1) is 12.0. The van der Waals surface area contributed by atoms with Gasteiger partial charge in [-0.3, -0.25) is 9.89 Å². The Kier molecular flexibility index (Phi) is 3.20. The monoisotopic (exact) mass is 264 g/mol. The van der Waals surface area contributed by atoms with Gasteiger partial charge in [0.05, 0.1) is 6.21 Å². The zero-order chi connectivity index (χ0) is 13.1. The number of phenols is 2. The van der Waals surface area contributed by atoms with Crippen molar-refractivity contribution in [2.24, 2.45) is 5.10 Å². The van der Waals surface area contributed by atoms with Gasteiger partial charge in [-0.05, 0) is 36.0 Å². The Labute approximate surface area is 106 Å². The van der Waals surface area contributed by atoms with Crippen LogP contribution in [0.2, 0.25) is 0 Å². The van der Waals surface area contributed by atoms with Crippen LogP contribution < -0.4 is 5.56 Å². The second kappa shape index (κ2) is 4.80. The molecule has 7 nitrogen and oxygen atoms in total. The van der Waals surface area contributed by atoms with E-state index in [2.05, 4.69) is 15.3 Å². The fraction of sp³-hybridized carbons (Fsp3) is 0. The van der Waals surface area contributed by atoms with Gasteiger partial charge in [0.2, 0.25) is 4.77 Å². The number of rotatable bonds is 2. The number of aromatic nitrogens is 3. The Morgan fingerprint density at radius 3 is 2.83 bits per heavy atom. The zero-order valence-electron chi connectivity index (χ0n) is 8.94. The van der Waals surface area contributed by atoms with Crippen molar-refractivity contribution in [3.05, 3.63) is 45.1 Å². The summed E-state index contributed by atoms with van der Waals surface area (Å²) in [5.74, 6) is -0.503. The number of phenolic OH excluding ortho intramolecular Hbond substituents is 2. The fourth-order valence-corrected chi connectivity index (χ4v) is 1.39. The first-order chi connectivity index (χ1) is 8.58. The molecule has 0 radical (unpaired) electrons. The minimum absolute atomic E-state index is 0.0572. The summed E-state index contributed by atoms with van der Waals surface area (Å²) in [5.41, 5.74) is 0.0291. The van der Waals surface area contributed by atoms with Crippen LogP contribution in [0.1, 0.15) is 5.56 Å². The summed E-state index contributed by atoms with van der Waals surface area (Å²) >= 11 is 4.84. The van der Waals surface area contributed by atoms with Crippen LogP contribution in [-0.4, -0.2) is 31.3 Å². The molecular formula is C10H8N4O3S. The third kappa shape index (κ3) is 2.43. The van der Waals surface area contributed by atoms with E-state index in [0.29, 0.717) is 5.56 Å². The van der Waals surface area contributed by atoms with Crippen molar-refractivity contribution in [2.75, 3.05) is 0 Å². The Morgan fingerprint density at radius 2 is 2.17 bits per heavy atom. The van der Waals surface area contributed by atoms with Crippen LogP contribution in [0.3, 0.4) is 0 Å². The van der Waals surface area contributed by atoms with Crippen molar-refractivity contribution in [1.29, 1.82) is 0 Å². The van der Waals surface area contributed by atoms with E-state index in [9.17, 15) is 9.90 Å². The summed E-state index contributed by atoms with van der Waals surface area (Å²) < 4.78 is 1.01. The number of nitrogens with one attached hydrogen (secondary N) is 1. The molecule has 0 atom stereocenters. The molecule has 1 aromatic carbocycles. The van der Waals surface area contributed by atoms with Gasteiger partial charge in [0.25, 0.3) is 5.56 Å². The van der Waals surface area contributed by atoms with Crippen molar-refractivity contribution < 1.29 is 10.2 Å². The molecule has 0 aliphatic heterocycles. The lowest BCUT2D eigenvalue weighted by Crippen LogP contribution is -2.18. The molecule has 1 heterocycles. The van der Waals surface area contributed by atoms with E-state index in [1.165, 1.54) is 24.4 Å². The molecule has 2 aromatic rings. The van der Waals surface area contributed by atoms with Gasteiger partial charge in [0, 0.05) is 0 Å². The Morgan fingerprint density at radius 1 is 1.39 bits per heavy atom. The lowest BCUT2D eigenvalue weighted by molar-refractivity contribution is 0.403. The van der Waals surface area contributed by atoms with Crippen molar-refractivity contribution in [3.63, 3.8) is 0 Å². The number of aromatic amines is 1. The van der Waals surface area contributed by atoms with E-state index in [1.54, 1.807) is 0 Å². The van der Waals surface area contributed by atoms with E-state index in [1.807, 2.05) is 0 Å². The molecule has 92 valence electrons. The number of nitrogens with zero attached hydrogens (tertiary/aromatic N) is 3. The maximum absolute atomic E-state index is 11.4. The quantitative estimate of drug-likeness (QED) is 0.418. The molecule has 0 spiro atoms. The molecule has 2 rings (SSSR count). The molecule has 0 aliphatic carbocycles. The molecule has 18 heavy (non-hydrogen) atoms. The molecule has 3 N–H and O–H groups in total. The fourth-order valence-electron chi connectivity index (χ4n) is 1.20. The Bertz CT molecular complexity index is 691. The third-order valence-corrected chi connectivity index (χ3v) is 2.32. The van der Waals surface area contributed by atoms with Crippen molar-refractivity contribution in [2.45, 2.75) is 0 Å². The van der Waals surface area contributed by atoms with Gasteiger partial charge in [-0.2, -0.15) is 14.9 Å². The lowest BCUT2D eigenvalue weighted by Gasteiger charge is -1.99. The van der Waals surface area contributed by atoms with Crippen LogP contribution in [0.5, 0.6) is 11.5 Å². The van der Waals surface area contributed by atoms with Crippen molar-refractivity contribution in [1.82, 2.24) is 14.9 Å².